The third-order valence-corrected chi connectivity index (χ3v) is 3.75. The normalized spacial score (nSPS) is 10.6. The summed E-state index contributed by atoms with van der Waals surface area (Å²) in [5.74, 6) is 0.451. The van der Waals surface area contributed by atoms with Gasteiger partial charge in [0.1, 0.15) is 5.01 Å². The summed E-state index contributed by atoms with van der Waals surface area (Å²) in [6, 6.07) is 7.71. The van der Waals surface area contributed by atoms with E-state index in [2.05, 4.69) is 4.98 Å². The topological polar surface area (TPSA) is 12.9 Å². The molecule has 4 heteroatoms. The van der Waals surface area contributed by atoms with Crippen molar-refractivity contribution in [2.24, 2.45) is 0 Å². The zero-order valence-corrected chi connectivity index (χ0v) is 10.5. The van der Waals surface area contributed by atoms with Crippen LogP contribution in [0.2, 0.25) is 5.02 Å². The molecule has 0 spiro atoms. The van der Waals surface area contributed by atoms with E-state index in [9.17, 15) is 0 Å². The highest BCUT2D eigenvalue weighted by molar-refractivity contribution is 7.15. The summed E-state index contributed by atoms with van der Waals surface area (Å²) >= 11 is 13.5. The average Bonchev–Trinajstić information content (AvgIpc) is 2.60. The molecule has 0 aliphatic carbocycles. The number of aryl methyl sites for hydroxylation is 1. The van der Waals surface area contributed by atoms with Gasteiger partial charge < -0.3 is 0 Å². The van der Waals surface area contributed by atoms with Crippen LogP contribution in [-0.4, -0.2) is 4.98 Å². The summed E-state index contributed by atoms with van der Waals surface area (Å²) < 4.78 is 0. The lowest BCUT2D eigenvalue weighted by atomic mass is 10.2. The molecule has 0 fully saturated rings. The van der Waals surface area contributed by atoms with Gasteiger partial charge >= 0.3 is 0 Å². The van der Waals surface area contributed by atoms with Crippen LogP contribution in [0.15, 0.2) is 24.3 Å². The molecule has 0 N–H and O–H groups in total. The number of alkyl halides is 1. The predicted molar refractivity (Wildman–Crippen MR) is 66.9 cm³/mol. The first-order chi connectivity index (χ1) is 7.22. The molecule has 78 valence electrons. The van der Waals surface area contributed by atoms with E-state index in [1.807, 2.05) is 31.2 Å². The molecular formula is C11H9Cl2NS. The highest BCUT2D eigenvalue weighted by Gasteiger charge is 2.10. The van der Waals surface area contributed by atoms with Crippen molar-refractivity contribution in [2.45, 2.75) is 12.8 Å². The van der Waals surface area contributed by atoms with Crippen LogP contribution in [0.3, 0.4) is 0 Å². The fourth-order valence-electron chi connectivity index (χ4n) is 1.30. The molecule has 1 aromatic heterocycles. The van der Waals surface area contributed by atoms with Crippen molar-refractivity contribution in [3.63, 3.8) is 0 Å². The summed E-state index contributed by atoms with van der Waals surface area (Å²) in [7, 11) is 0. The Labute approximate surface area is 103 Å². The highest BCUT2D eigenvalue weighted by Crippen LogP contribution is 2.32. The number of rotatable bonds is 2. The Morgan fingerprint density at radius 1 is 1.33 bits per heavy atom. The molecule has 0 aliphatic heterocycles. The molecule has 0 unspecified atom stereocenters. The Balaban J connectivity index is 2.50. The Bertz CT molecular complexity index is 479. The summed E-state index contributed by atoms with van der Waals surface area (Å²) in [6.45, 7) is 2.02. The molecule has 0 saturated carbocycles. The largest absolute Gasteiger partial charge is 0.240 e. The second kappa shape index (κ2) is 4.52. The molecule has 1 nitrogen and oxygen atoms in total. The zero-order chi connectivity index (χ0) is 10.8. The fraction of sp³-hybridized carbons (Fsp3) is 0.182. The monoisotopic (exact) mass is 257 g/mol. The van der Waals surface area contributed by atoms with Gasteiger partial charge in [0, 0.05) is 10.4 Å². The van der Waals surface area contributed by atoms with Crippen LogP contribution in [0.4, 0.5) is 0 Å². The van der Waals surface area contributed by atoms with Gasteiger partial charge in [-0.1, -0.05) is 29.8 Å². The molecule has 0 amide bonds. The van der Waals surface area contributed by atoms with Crippen molar-refractivity contribution in [3.8, 4) is 10.6 Å². The SMILES string of the molecule is Cc1sc(-c2ccccc2Cl)nc1CCl. The Morgan fingerprint density at radius 3 is 2.67 bits per heavy atom. The third-order valence-electron chi connectivity index (χ3n) is 2.12. The van der Waals surface area contributed by atoms with Gasteiger partial charge in [0.2, 0.25) is 0 Å². The van der Waals surface area contributed by atoms with Crippen molar-refractivity contribution in [2.75, 3.05) is 0 Å². The number of hydrogen-bond acceptors (Lipinski definition) is 2. The van der Waals surface area contributed by atoms with E-state index in [0.717, 1.165) is 26.2 Å². The smallest absolute Gasteiger partial charge is 0.125 e. The molecule has 0 atom stereocenters. The second-order valence-electron chi connectivity index (χ2n) is 3.14. The van der Waals surface area contributed by atoms with Gasteiger partial charge in [-0.3, -0.25) is 0 Å². The van der Waals surface area contributed by atoms with Crippen molar-refractivity contribution in [1.82, 2.24) is 4.98 Å². The van der Waals surface area contributed by atoms with Crippen LogP contribution < -0.4 is 0 Å². The van der Waals surface area contributed by atoms with Crippen LogP contribution in [0, 0.1) is 6.92 Å². The first-order valence-electron chi connectivity index (χ1n) is 4.49. The Hall–Kier alpha value is -0.570. The quantitative estimate of drug-likeness (QED) is 0.722. The predicted octanol–water partition coefficient (Wildman–Crippen LogP) is 4.51. The number of aromatic nitrogens is 1. The van der Waals surface area contributed by atoms with Crippen LogP contribution in [-0.2, 0) is 5.88 Å². The van der Waals surface area contributed by atoms with E-state index < -0.39 is 0 Å². The minimum atomic E-state index is 0.451. The standard InChI is InChI=1S/C11H9Cl2NS/c1-7-10(6-12)14-11(15-7)8-4-2-3-5-9(8)13/h2-5H,6H2,1H3. The Kier molecular flexibility index (Phi) is 3.29. The maximum atomic E-state index is 6.10. The molecule has 1 heterocycles. The highest BCUT2D eigenvalue weighted by atomic mass is 35.5. The summed E-state index contributed by atoms with van der Waals surface area (Å²) in [4.78, 5) is 5.61. The number of hydrogen-bond donors (Lipinski definition) is 0. The van der Waals surface area contributed by atoms with Crippen molar-refractivity contribution in [1.29, 1.82) is 0 Å². The van der Waals surface area contributed by atoms with E-state index in [1.165, 1.54) is 0 Å². The first kappa shape index (κ1) is 10.9. The van der Waals surface area contributed by atoms with Crippen LogP contribution in [0.25, 0.3) is 10.6 Å². The van der Waals surface area contributed by atoms with Crippen molar-refractivity contribution in [3.05, 3.63) is 39.9 Å². The van der Waals surface area contributed by atoms with Gasteiger partial charge in [0.05, 0.1) is 16.6 Å². The maximum Gasteiger partial charge on any atom is 0.125 e. The summed E-state index contributed by atoms with van der Waals surface area (Å²) in [5.41, 5.74) is 1.92. The van der Waals surface area contributed by atoms with E-state index in [1.54, 1.807) is 11.3 Å². The summed E-state index contributed by atoms with van der Waals surface area (Å²) in [5, 5.41) is 1.67. The molecule has 1 aromatic carbocycles. The lowest BCUT2D eigenvalue weighted by Gasteiger charge is -1.97. The van der Waals surface area contributed by atoms with Gasteiger partial charge in [-0.25, -0.2) is 4.98 Å². The number of nitrogens with zero attached hydrogens (tertiary/aromatic N) is 1. The minimum Gasteiger partial charge on any atom is -0.240 e. The molecule has 0 saturated heterocycles. The molecule has 2 aromatic rings. The minimum absolute atomic E-state index is 0.451. The molecular weight excluding hydrogens is 249 g/mol. The summed E-state index contributed by atoms with van der Waals surface area (Å²) in [6.07, 6.45) is 0. The van der Waals surface area contributed by atoms with Crippen molar-refractivity contribution < 1.29 is 0 Å². The second-order valence-corrected chi connectivity index (χ2v) is 5.01. The van der Waals surface area contributed by atoms with Gasteiger partial charge in [0.25, 0.3) is 0 Å². The lowest BCUT2D eigenvalue weighted by molar-refractivity contribution is 1.20. The van der Waals surface area contributed by atoms with Crippen LogP contribution in [0.1, 0.15) is 10.6 Å². The van der Waals surface area contributed by atoms with Gasteiger partial charge in [-0.2, -0.15) is 0 Å². The third kappa shape index (κ3) is 2.17. The Morgan fingerprint density at radius 2 is 2.07 bits per heavy atom. The van der Waals surface area contributed by atoms with Crippen molar-refractivity contribution >= 4 is 34.5 Å². The van der Waals surface area contributed by atoms with Gasteiger partial charge in [0.15, 0.2) is 0 Å². The average molecular weight is 258 g/mol. The van der Waals surface area contributed by atoms with Crippen LogP contribution >= 0.6 is 34.5 Å². The molecule has 0 bridgehead atoms. The first-order valence-corrected chi connectivity index (χ1v) is 6.22. The lowest BCUT2D eigenvalue weighted by Crippen LogP contribution is -1.81. The molecule has 0 radical (unpaired) electrons. The van der Waals surface area contributed by atoms with E-state index in [4.69, 9.17) is 23.2 Å². The van der Waals surface area contributed by atoms with E-state index >= 15 is 0 Å². The molecule has 2 rings (SSSR count). The van der Waals surface area contributed by atoms with E-state index in [-0.39, 0.29) is 0 Å². The number of benzene rings is 1. The van der Waals surface area contributed by atoms with Gasteiger partial charge in [-0.05, 0) is 13.0 Å². The number of halogens is 2. The maximum absolute atomic E-state index is 6.10. The van der Waals surface area contributed by atoms with Gasteiger partial charge in [-0.15, -0.1) is 22.9 Å². The molecule has 15 heavy (non-hydrogen) atoms. The van der Waals surface area contributed by atoms with Crippen LogP contribution in [0.5, 0.6) is 0 Å². The fourth-order valence-corrected chi connectivity index (χ4v) is 2.89. The van der Waals surface area contributed by atoms with E-state index in [0.29, 0.717) is 5.88 Å². The zero-order valence-electron chi connectivity index (χ0n) is 8.13. The number of thiazole rings is 1. The molecule has 0 aliphatic rings.